The summed E-state index contributed by atoms with van der Waals surface area (Å²) in [5.74, 6) is -0.476. The van der Waals surface area contributed by atoms with Crippen LogP contribution in [-0.2, 0) is 9.53 Å². The van der Waals surface area contributed by atoms with Gasteiger partial charge in [-0.05, 0) is 24.6 Å². The summed E-state index contributed by atoms with van der Waals surface area (Å²) in [5.41, 5.74) is 0.0289. The lowest BCUT2D eigenvalue weighted by Crippen LogP contribution is -2.13. The first kappa shape index (κ1) is 18.4. The number of carbonyl (C=O) groups excluding carboxylic acids is 1. The van der Waals surface area contributed by atoms with Crippen LogP contribution in [0.1, 0.15) is 29.4 Å². The van der Waals surface area contributed by atoms with Gasteiger partial charge in [-0.2, -0.15) is 0 Å². The molecule has 0 saturated heterocycles. The molecule has 7 heteroatoms. The van der Waals surface area contributed by atoms with Crippen LogP contribution in [0.15, 0.2) is 33.5 Å². The lowest BCUT2D eigenvalue weighted by molar-refractivity contribution is -0.140. The number of aryl methyl sites for hydroxylation is 1. The zero-order valence-corrected chi connectivity index (χ0v) is 14.5. The zero-order valence-electron chi connectivity index (χ0n) is 14.5. The van der Waals surface area contributed by atoms with Gasteiger partial charge in [0.15, 0.2) is 17.3 Å². The summed E-state index contributed by atoms with van der Waals surface area (Å²) in [6, 6.07) is 6.22. The lowest BCUT2D eigenvalue weighted by atomic mass is 9.92. The fraction of sp³-hybridized carbons (Fsp3) is 0.333. The number of benzene rings is 1. The Balaban J connectivity index is 2.62. The quantitative estimate of drug-likeness (QED) is 0.801. The van der Waals surface area contributed by atoms with E-state index in [0.717, 1.165) is 0 Å². The minimum absolute atomic E-state index is 0.00243. The maximum Gasteiger partial charge on any atom is 0.306 e. The van der Waals surface area contributed by atoms with E-state index in [0.29, 0.717) is 22.8 Å². The fourth-order valence-electron chi connectivity index (χ4n) is 2.54. The molecule has 1 N–H and O–H groups in total. The first-order valence-corrected chi connectivity index (χ1v) is 7.53. The standard InChI is InChI=1S/C18H20O7/c1-10-7-13(19)17(21)18(25-10)12(9-16(20)24-4)11-5-6-14(22-2)15(8-11)23-3/h5-8,12,21H,9H2,1-4H3/t12-/m1/s1. The third-order valence-corrected chi connectivity index (χ3v) is 3.80. The Hall–Kier alpha value is -2.96. The van der Waals surface area contributed by atoms with Crippen molar-refractivity contribution in [3.63, 3.8) is 0 Å². The second-order valence-electron chi connectivity index (χ2n) is 5.38. The Bertz CT molecular complexity index is 823. The smallest absolute Gasteiger partial charge is 0.306 e. The molecule has 2 rings (SSSR count). The predicted octanol–water partition coefficient (Wildman–Crippen LogP) is 2.37. The Labute approximate surface area is 144 Å². The molecular formula is C18H20O7. The molecule has 0 radical (unpaired) electrons. The number of ether oxygens (including phenoxy) is 3. The SMILES string of the molecule is COC(=O)C[C@H](c1ccc(OC)c(OC)c1)c1oc(C)cc(=O)c1O. The Morgan fingerprint density at radius 3 is 2.44 bits per heavy atom. The summed E-state index contributed by atoms with van der Waals surface area (Å²) >= 11 is 0. The van der Waals surface area contributed by atoms with Gasteiger partial charge in [0, 0.05) is 6.07 Å². The van der Waals surface area contributed by atoms with Crippen molar-refractivity contribution in [2.75, 3.05) is 21.3 Å². The van der Waals surface area contributed by atoms with Crippen molar-refractivity contribution in [3.8, 4) is 17.2 Å². The van der Waals surface area contributed by atoms with Crippen LogP contribution < -0.4 is 14.9 Å². The molecule has 0 amide bonds. The predicted molar refractivity (Wildman–Crippen MR) is 89.4 cm³/mol. The molecule has 0 aliphatic carbocycles. The fourth-order valence-corrected chi connectivity index (χ4v) is 2.54. The average Bonchev–Trinajstić information content (AvgIpc) is 2.62. The van der Waals surface area contributed by atoms with Crippen molar-refractivity contribution in [1.29, 1.82) is 0 Å². The largest absolute Gasteiger partial charge is 0.502 e. The number of carbonyl (C=O) groups is 1. The molecule has 0 spiro atoms. The van der Waals surface area contributed by atoms with E-state index in [1.165, 1.54) is 27.4 Å². The average molecular weight is 348 g/mol. The molecular weight excluding hydrogens is 328 g/mol. The topological polar surface area (TPSA) is 95.2 Å². The molecule has 1 aromatic carbocycles. The summed E-state index contributed by atoms with van der Waals surface area (Å²) in [5, 5.41) is 10.2. The lowest BCUT2D eigenvalue weighted by Gasteiger charge is -2.18. The molecule has 0 bridgehead atoms. The molecule has 0 aliphatic heterocycles. The van der Waals surface area contributed by atoms with E-state index in [4.69, 9.17) is 18.6 Å². The van der Waals surface area contributed by atoms with Crippen LogP contribution in [0.4, 0.5) is 0 Å². The molecule has 0 unspecified atom stereocenters. The number of hydrogen-bond donors (Lipinski definition) is 1. The van der Waals surface area contributed by atoms with Crippen molar-refractivity contribution in [2.45, 2.75) is 19.3 Å². The zero-order chi connectivity index (χ0) is 18.6. The first-order valence-electron chi connectivity index (χ1n) is 7.53. The molecule has 0 fully saturated rings. The van der Waals surface area contributed by atoms with Gasteiger partial charge in [0.1, 0.15) is 5.76 Å². The van der Waals surface area contributed by atoms with Gasteiger partial charge >= 0.3 is 5.97 Å². The minimum atomic E-state index is -0.722. The summed E-state index contributed by atoms with van der Waals surface area (Å²) in [4.78, 5) is 23.8. The van der Waals surface area contributed by atoms with Crippen molar-refractivity contribution in [2.24, 2.45) is 0 Å². The van der Waals surface area contributed by atoms with Crippen LogP contribution in [-0.4, -0.2) is 32.4 Å². The Kier molecular flexibility index (Phi) is 5.69. The van der Waals surface area contributed by atoms with Crippen molar-refractivity contribution in [3.05, 3.63) is 51.6 Å². The van der Waals surface area contributed by atoms with E-state index in [1.807, 2.05) is 0 Å². The third kappa shape index (κ3) is 3.93. The van der Waals surface area contributed by atoms with Gasteiger partial charge in [-0.1, -0.05) is 6.07 Å². The van der Waals surface area contributed by atoms with Crippen LogP contribution in [0.2, 0.25) is 0 Å². The second-order valence-corrected chi connectivity index (χ2v) is 5.38. The van der Waals surface area contributed by atoms with E-state index in [9.17, 15) is 14.7 Å². The molecule has 7 nitrogen and oxygen atoms in total. The Morgan fingerprint density at radius 2 is 1.84 bits per heavy atom. The highest BCUT2D eigenvalue weighted by atomic mass is 16.5. The minimum Gasteiger partial charge on any atom is -0.502 e. The molecule has 25 heavy (non-hydrogen) atoms. The van der Waals surface area contributed by atoms with Gasteiger partial charge in [-0.25, -0.2) is 0 Å². The van der Waals surface area contributed by atoms with Crippen LogP contribution in [0.3, 0.4) is 0 Å². The van der Waals surface area contributed by atoms with Gasteiger partial charge in [0.2, 0.25) is 11.2 Å². The molecule has 134 valence electrons. The van der Waals surface area contributed by atoms with E-state index in [1.54, 1.807) is 25.1 Å². The monoisotopic (exact) mass is 348 g/mol. The molecule has 1 atom stereocenters. The number of hydrogen-bond acceptors (Lipinski definition) is 7. The van der Waals surface area contributed by atoms with E-state index in [2.05, 4.69) is 0 Å². The van der Waals surface area contributed by atoms with Crippen molar-refractivity contribution >= 4 is 5.97 Å². The van der Waals surface area contributed by atoms with Crippen molar-refractivity contribution in [1.82, 2.24) is 0 Å². The molecule has 1 heterocycles. The third-order valence-electron chi connectivity index (χ3n) is 3.80. The van der Waals surface area contributed by atoms with Gasteiger partial charge in [0.05, 0.1) is 33.7 Å². The summed E-state index contributed by atoms with van der Waals surface area (Å²) in [6.45, 7) is 1.59. The van der Waals surface area contributed by atoms with Gasteiger partial charge in [0.25, 0.3) is 0 Å². The highest BCUT2D eigenvalue weighted by Gasteiger charge is 2.27. The highest BCUT2D eigenvalue weighted by Crippen LogP contribution is 2.37. The van der Waals surface area contributed by atoms with Crippen LogP contribution in [0, 0.1) is 6.92 Å². The maximum atomic E-state index is 11.9. The number of rotatable bonds is 6. The number of methoxy groups -OCH3 is 3. The van der Waals surface area contributed by atoms with Gasteiger partial charge in [-0.15, -0.1) is 0 Å². The molecule has 2 aromatic rings. The highest BCUT2D eigenvalue weighted by molar-refractivity contribution is 5.71. The van der Waals surface area contributed by atoms with Gasteiger partial charge in [-0.3, -0.25) is 9.59 Å². The van der Waals surface area contributed by atoms with Crippen molar-refractivity contribution < 1.29 is 28.5 Å². The summed E-state index contributed by atoms with van der Waals surface area (Å²) < 4.78 is 20.8. The molecule has 0 saturated carbocycles. The summed E-state index contributed by atoms with van der Waals surface area (Å²) in [6.07, 6.45) is -0.119. The van der Waals surface area contributed by atoms with Crippen LogP contribution in [0.25, 0.3) is 0 Å². The maximum absolute atomic E-state index is 11.9. The van der Waals surface area contributed by atoms with Crippen LogP contribution in [0.5, 0.6) is 17.2 Å². The first-order chi connectivity index (χ1) is 11.9. The van der Waals surface area contributed by atoms with E-state index in [-0.39, 0.29) is 12.2 Å². The molecule has 0 aliphatic rings. The number of esters is 1. The van der Waals surface area contributed by atoms with E-state index >= 15 is 0 Å². The van der Waals surface area contributed by atoms with Crippen LogP contribution >= 0.6 is 0 Å². The second kappa shape index (κ2) is 7.74. The van der Waals surface area contributed by atoms with E-state index < -0.39 is 23.1 Å². The molecule has 1 aromatic heterocycles. The Morgan fingerprint density at radius 1 is 1.16 bits per heavy atom. The number of aromatic hydroxyl groups is 1. The van der Waals surface area contributed by atoms with Gasteiger partial charge < -0.3 is 23.7 Å². The summed E-state index contributed by atoms with van der Waals surface area (Å²) in [7, 11) is 4.26. The normalized spacial score (nSPS) is 11.7.